The summed E-state index contributed by atoms with van der Waals surface area (Å²) >= 11 is 0. The molecule has 3 heteroatoms. The van der Waals surface area contributed by atoms with Crippen LogP contribution in [0.2, 0.25) is 0 Å². The van der Waals surface area contributed by atoms with E-state index in [1.165, 1.54) is 11.1 Å². The van der Waals surface area contributed by atoms with Crippen molar-refractivity contribution in [1.82, 2.24) is 9.88 Å². The van der Waals surface area contributed by atoms with Crippen molar-refractivity contribution in [3.05, 3.63) is 70.9 Å². The summed E-state index contributed by atoms with van der Waals surface area (Å²) in [4.78, 5) is 18.8. The molecule has 3 nitrogen and oxygen atoms in total. The first kappa shape index (κ1) is 15.2. The van der Waals surface area contributed by atoms with E-state index in [0.29, 0.717) is 0 Å². The van der Waals surface area contributed by atoms with Crippen LogP contribution in [0.5, 0.6) is 0 Å². The number of aromatic nitrogens is 1. The molecule has 1 aromatic heterocycles. The third-order valence-corrected chi connectivity index (χ3v) is 5.23. The number of hydrogen-bond acceptors (Lipinski definition) is 2. The first-order chi connectivity index (χ1) is 11.6. The molecule has 0 bridgehead atoms. The largest absolute Gasteiger partial charge is 0.358 e. The second-order valence-electron chi connectivity index (χ2n) is 6.70. The Morgan fingerprint density at radius 2 is 1.79 bits per heavy atom. The van der Waals surface area contributed by atoms with E-state index in [4.69, 9.17) is 0 Å². The minimum Gasteiger partial charge on any atom is -0.358 e. The van der Waals surface area contributed by atoms with Gasteiger partial charge in [0.05, 0.1) is 6.04 Å². The Kier molecular flexibility index (Phi) is 3.73. The average molecular weight is 318 g/mol. The molecular formula is C21H22N2O. The number of aryl methyl sites for hydroxylation is 1. The number of H-pyrrole nitrogens is 1. The van der Waals surface area contributed by atoms with Crippen LogP contribution in [0.1, 0.15) is 34.1 Å². The summed E-state index contributed by atoms with van der Waals surface area (Å²) in [6, 6.07) is 16.5. The lowest BCUT2D eigenvalue weighted by Gasteiger charge is -2.33. The Morgan fingerprint density at radius 1 is 1.08 bits per heavy atom. The van der Waals surface area contributed by atoms with E-state index in [2.05, 4.69) is 34.1 Å². The highest BCUT2D eigenvalue weighted by Crippen LogP contribution is 2.26. The SMILES string of the molecule is Cc1[nH]c2ccccc2c1C(=O)[C@H](C)N1CCc2ccccc2C1. The number of benzene rings is 2. The van der Waals surface area contributed by atoms with Crippen molar-refractivity contribution < 1.29 is 4.79 Å². The minimum atomic E-state index is -0.115. The Balaban J connectivity index is 1.64. The molecule has 4 rings (SSSR count). The van der Waals surface area contributed by atoms with E-state index >= 15 is 0 Å². The van der Waals surface area contributed by atoms with Crippen LogP contribution in [-0.2, 0) is 13.0 Å². The molecule has 0 fully saturated rings. The van der Waals surface area contributed by atoms with E-state index in [-0.39, 0.29) is 11.8 Å². The number of carbonyl (C=O) groups excluding carboxylic acids is 1. The highest BCUT2D eigenvalue weighted by molar-refractivity contribution is 6.11. The summed E-state index contributed by atoms with van der Waals surface area (Å²) in [5.41, 5.74) is 5.60. The first-order valence-corrected chi connectivity index (χ1v) is 8.57. The van der Waals surface area contributed by atoms with Crippen LogP contribution in [0.4, 0.5) is 0 Å². The minimum absolute atomic E-state index is 0.115. The second kappa shape index (κ2) is 5.91. The van der Waals surface area contributed by atoms with Crippen LogP contribution in [-0.4, -0.2) is 28.3 Å². The predicted octanol–water partition coefficient (Wildman–Crippen LogP) is 4.11. The number of nitrogens with zero attached hydrogens (tertiary/aromatic N) is 1. The van der Waals surface area contributed by atoms with E-state index in [1.54, 1.807) is 0 Å². The molecule has 0 amide bonds. The molecule has 2 aromatic carbocycles. The number of ketones is 1. The lowest BCUT2D eigenvalue weighted by atomic mass is 9.95. The monoisotopic (exact) mass is 318 g/mol. The molecule has 0 saturated carbocycles. The molecular weight excluding hydrogens is 296 g/mol. The summed E-state index contributed by atoms with van der Waals surface area (Å²) in [5, 5.41) is 1.03. The zero-order valence-corrected chi connectivity index (χ0v) is 14.2. The van der Waals surface area contributed by atoms with Gasteiger partial charge in [-0.15, -0.1) is 0 Å². The standard InChI is InChI=1S/C21H22N2O/c1-14-20(18-9-5-6-10-19(18)22-14)21(24)15(2)23-12-11-16-7-3-4-8-17(16)13-23/h3-10,15,22H,11-13H2,1-2H3/t15-/m0/s1. The average Bonchev–Trinajstić information content (AvgIpc) is 2.95. The van der Waals surface area contributed by atoms with Crippen molar-refractivity contribution in [3.8, 4) is 0 Å². The van der Waals surface area contributed by atoms with Gasteiger partial charge >= 0.3 is 0 Å². The Morgan fingerprint density at radius 3 is 2.62 bits per heavy atom. The zero-order valence-electron chi connectivity index (χ0n) is 14.2. The Hall–Kier alpha value is -2.39. The molecule has 0 saturated heterocycles. The first-order valence-electron chi connectivity index (χ1n) is 8.57. The number of aromatic amines is 1. The second-order valence-corrected chi connectivity index (χ2v) is 6.70. The topological polar surface area (TPSA) is 36.1 Å². The van der Waals surface area contributed by atoms with Gasteiger partial charge in [-0.2, -0.15) is 0 Å². The van der Waals surface area contributed by atoms with Gasteiger partial charge in [0, 0.05) is 35.2 Å². The zero-order chi connectivity index (χ0) is 16.7. The number of hydrogen-bond donors (Lipinski definition) is 1. The van der Waals surface area contributed by atoms with Gasteiger partial charge < -0.3 is 4.98 Å². The van der Waals surface area contributed by atoms with Gasteiger partial charge in [0.2, 0.25) is 0 Å². The summed E-state index contributed by atoms with van der Waals surface area (Å²) in [6.45, 7) is 5.82. The predicted molar refractivity (Wildman–Crippen MR) is 97.4 cm³/mol. The molecule has 24 heavy (non-hydrogen) atoms. The van der Waals surface area contributed by atoms with Gasteiger partial charge in [-0.1, -0.05) is 42.5 Å². The van der Waals surface area contributed by atoms with E-state index in [1.807, 2.05) is 38.1 Å². The summed E-state index contributed by atoms with van der Waals surface area (Å²) < 4.78 is 0. The molecule has 1 aliphatic heterocycles. The van der Waals surface area contributed by atoms with Crippen molar-refractivity contribution in [3.63, 3.8) is 0 Å². The normalized spacial score (nSPS) is 16.1. The molecule has 1 N–H and O–H groups in total. The lowest BCUT2D eigenvalue weighted by molar-refractivity contribution is 0.0821. The molecule has 122 valence electrons. The number of fused-ring (bicyclic) bond motifs is 2. The van der Waals surface area contributed by atoms with Gasteiger partial charge in [0.1, 0.15) is 0 Å². The molecule has 0 radical (unpaired) electrons. The summed E-state index contributed by atoms with van der Waals surface area (Å²) in [6.07, 6.45) is 1.01. The molecule has 0 spiro atoms. The summed E-state index contributed by atoms with van der Waals surface area (Å²) in [5.74, 6) is 0.212. The number of nitrogens with one attached hydrogen (secondary N) is 1. The Labute approximate surface area is 142 Å². The van der Waals surface area contributed by atoms with Crippen molar-refractivity contribution in [2.75, 3.05) is 6.54 Å². The maximum absolute atomic E-state index is 13.2. The van der Waals surface area contributed by atoms with Crippen LogP contribution in [0.3, 0.4) is 0 Å². The lowest BCUT2D eigenvalue weighted by Crippen LogP contribution is -2.42. The molecule has 2 heterocycles. The smallest absolute Gasteiger partial charge is 0.182 e. The fraction of sp³-hybridized carbons (Fsp3) is 0.286. The van der Waals surface area contributed by atoms with Crippen molar-refractivity contribution in [2.24, 2.45) is 0 Å². The third kappa shape index (κ3) is 2.45. The fourth-order valence-corrected chi connectivity index (χ4v) is 3.82. The highest BCUT2D eigenvalue weighted by atomic mass is 16.1. The van der Waals surface area contributed by atoms with Gasteiger partial charge in [-0.25, -0.2) is 0 Å². The number of para-hydroxylation sites is 1. The third-order valence-electron chi connectivity index (χ3n) is 5.23. The summed E-state index contributed by atoms with van der Waals surface area (Å²) in [7, 11) is 0. The van der Waals surface area contributed by atoms with Crippen molar-refractivity contribution in [1.29, 1.82) is 0 Å². The molecule has 1 aliphatic rings. The van der Waals surface area contributed by atoms with E-state index in [0.717, 1.165) is 41.7 Å². The van der Waals surface area contributed by atoms with Crippen LogP contribution < -0.4 is 0 Å². The fourth-order valence-electron chi connectivity index (χ4n) is 3.82. The molecule has 0 aliphatic carbocycles. The number of Topliss-reactive ketones (excluding diaryl/α,β-unsaturated/α-hetero) is 1. The van der Waals surface area contributed by atoms with Gasteiger partial charge in [-0.05, 0) is 37.5 Å². The molecule has 3 aromatic rings. The van der Waals surface area contributed by atoms with Crippen LogP contribution >= 0.6 is 0 Å². The number of rotatable bonds is 3. The van der Waals surface area contributed by atoms with Crippen molar-refractivity contribution >= 4 is 16.7 Å². The van der Waals surface area contributed by atoms with E-state index in [9.17, 15) is 4.79 Å². The molecule has 0 unspecified atom stereocenters. The highest BCUT2D eigenvalue weighted by Gasteiger charge is 2.28. The Bertz CT molecular complexity index is 909. The van der Waals surface area contributed by atoms with Crippen molar-refractivity contribution in [2.45, 2.75) is 32.9 Å². The maximum Gasteiger partial charge on any atom is 0.182 e. The van der Waals surface area contributed by atoms with E-state index < -0.39 is 0 Å². The van der Waals surface area contributed by atoms with Gasteiger partial charge in [0.15, 0.2) is 5.78 Å². The van der Waals surface area contributed by atoms with Crippen LogP contribution in [0, 0.1) is 6.92 Å². The molecule has 1 atom stereocenters. The maximum atomic E-state index is 13.2. The van der Waals surface area contributed by atoms with Gasteiger partial charge in [-0.3, -0.25) is 9.69 Å². The number of carbonyl (C=O) groups is 1. The van der Waals surface area contributed by atoms with Crippen LogP contribution in [0.15, 0.2) is 48.5 Å². The van der Waals surface area contributed by atoms with Gasteiger partial charge in [0.25, 0.3) is 0 Å². The van der Waals surface area contributed by atoms with Crippen LogP contribution in [0.25, 0.3) is 10.9 Å². The quantitative estimate of drug-likeness (QED) is 0.738.